The lowest BCUT2D eigenvalue weighted by molar-refractivity contribution is 0.894. The van der Waals surface area contributed by atoms with Crippen molar-refractivity contribution in [1.82, 2.24) is 9.55 Å². The van der Waals surface area contributed by atoms with E-state index >= 15 is 0 Å². The summed E-state index contributed by atoms with van der Waals surface area (Å²) in [7, 11) is 1.80. The lowest BCUT2D eigenvalue weighted by Crippen LogP contribution is -2.20. The Morgan fingerprint density at radius 1 is 1.00 bits per heavy atom. The first-order valence-electron chi connectivity index (χ1n) is 6.61. The highest BCUT2D eigenvalue weighted by Gasteiger charge is 2.11. The number of hydrogen-bond acceptors (Lipinski definition) is 2. The van der Waals surface area contributed by atoms with Crippen molar-refractivity contribution in [1.29, 1.82) is 0 Å². The van der Waals surface area contributed by atoms with Gasteiger partial charge in [-0.3, -0.25) is 4.79 Å². The average Bonchev–Trinajstić information content (AvgIpc) is 2.46. The van der Waals surface area contributed by atoms with Crippen LogP contribution in [0.1, 0.15) is 11.1 Å². The van der Waals surface area contributed by atoms with Gasteiger partial charge in [-0.05, 0) is 37.1 Å². The van der Waals surface area contributed by atoms with E-state index < -0.39 is 0 Å². The van der Waals surface area contributed by atoms with E-state index in [0.717, 1.165) is 16.6 Å². The molecule has 0 atom stereocenters. The molecule has 3 aromatic rings. The summed E-state index contributed by atoms with van der Waals surface area (Å²) in [6.45, 7) is 4.11. The van der Waals surface area contributed by atoms with Crippen LogP contribution in [-0.4, -0.2) is 9.55 Å². The number of aryl methyl sites for hydroxylation is 3. The van der Waals surface area contributed by atoms with Gasteiger partial charge in [0.15, 0.2) is 0 Å². The van der Waals surface area contributed by atoms with Gasteiger partial charge in [-0.15, -0.1) is 0 Å². The highest BCUT2D eigenvalue weighted by atomic mass is 16.1. The van der Waals surface area contributed by atoms with Gasteiger partial charge in [0.05, 0.1) is 11.0 Å². The largest absolute Gasteiger partial charge is 0.308 e. The molecule has 1 aromatic heterocycles. The quantitative estimate of drug-likeness (QED) is 0.676. The number of nitrogens with zero attached hydrogens (tertiary/aromatic N) is 2. The van der Waals surface area contributed by atoms with E-state index in [1.165, 1.54) is 11.1 Å². The Labute approximate surface area is 117 Å². The molecule has 20 heavy (non-hydrogen) atoms. The average molecular weight is 264 g/mol. The topological polar surface area (TPSA) is 34.9 Å². The molecular formula is C17H16N2O. The molecule has 0 aliphatic carbocycles. The third-order valence-electron chi connectivity index (χ3n) is 3.74. The van der Waals surface area contributed by atoms with Gasteiger partial charge in [0.2, 0.25) is 0 Å². The fraction of sp³-hybridized carbons (Fsp3) is 0.176. The van der Waals surface area contributed by atoms with Crippen LogP contribution in [0.15, 0.2) is 47.3 Å². The molecule has 0 amide bonds. The minimum absolute atomic E-state index is 0.0630. The van der Waals surface area contributed by atoms with Crippen molar-refractivity contribution in [2.24, 2.45) is 7.05 Å². The fourth-order valence-electron chi connectivity index (χ4n) is 2.36. The smallest absolute Gasteiger partial charge is 0.277 e. The molecule has 3 nitrogen and oxygen atoms in total. The predicted molar refractivity (Wildman–Crippen MR) is 81.9 cm³/mol. The third kappa shape index (κ3) is 1.92. The minimum Gasteiger partial charge on any atom is -0.308 e. The second-order valence-electron chi connectivity index (χ2n) is 5.12. The van der Waals surface area contributed by atoms with Gasteiger partial charge >= 0.3 is 0 Å². The molecule has 3 heteroatoms. The van der Waals surface area contributed by atoms with E-state index in [0.29, 0.717) is 5.69 Å². The number of aromatic nitrogens is 2. The monoisotopic (exact) mass is 264 g/mol. The zero-order valence-electron chi connectivity index (χ0n) is 11.8. The first kappa shape index (κ1) is 12.6. The van der Waals surface area contributed by atoms with Crippen molar-refractivity contribution >= 4 is 11.0 Å². The molecular weight excluding hydrogens is 248 g/mol. The fourth-order valence-corrected chi connectivity index (χ4v) is 2.36. The van der Waals surface area contributed by atoms with Crippen LogP contribution in [0.4, 0.5) is 0 Å². The summed E-state index contributed by atoms with van der Waals surface area (Å²) in [5.74, 6) is 0. The Kier molecular flexibility index (Phi) is 2.90. The van der Waals surface area contributed by atoms with Gasteiger partial charge in [-0.2, -0.15) is 0 Å². The minimum atomic E-state index is -0.0630. The van der Waals surface area contributed by atoms with Crippen LogP contribution in [0.5, 0.6) is 0 Å². The van der Waals surface area contributed by atoms with Crippen molar-refractivity contribution < 1.29 is 0 Å². The number of fused-ring (bicyclic) bond motifs is 1. The predicted octanol–water partition coefficient (Wildman–Crippen LogP) is 3.22. The molecule has 0 aliphatic rings. The van der Waals surface area contributed by atoms with Crippen molar-refractivity contribution in [3.8, 4) is 11.3 Å². The van der Waals surface area contributed by atoms with Crippen LogP contribution in [-0.2, 0) is 7.05 Å². The van der Waals surface area contributed by atoms with Gasteiger partial charge in [0, 0.05) is 12.6 Å². The number of rotatable bonds is 1. The summed E-state index contributed by atoms with van der Waals surface area (Å²) in [5, 5.41) is 0. The van der Waals surface area contributed by atoms with Crippen LogP contribution in [0, 0.1) is 13.8 Å². The van der Waals surface area contributed by atoms with Gasteiger partial charge < -0.3 is 4.57 Å². The summed E-state index contributed by atoms with van der Waals surface area (Å²) in [4.78, 5) is 17.1. The number of hydrogen-bond donors (Lipinski definition) is 0. The third-order valence-corrected chi connectivity index (χ3v) is 3.74. The van der Waals surface area contributed by atoms with Crippen LogP contribution < -0.4 is 5.56 Å². The van der Waals surface area contributed by atoms with Gasteiger partial charge in [-0.1, -0.05) is 30.3 Å². The zero-order chi connectivity index (χ0) is 14.3. The van der Waals surface area contributed by atoms with E-state index in [-0.39, 0.29) is 5.56 Å². The first-order valence-corrected chi connectivity index (χ1v) is 6.61. The molecule has 3 rings (SSSR count). The molecule has 0 bridgehead atoms. The Morgan fingerprint density at radius 3 is 2.35 bits per heavy atom. The van der Waals surface area contributed by atoms with Gasteiger partial charge in [0.1, 0.15) is 5.69 Å². The maximum atomic E-state index is 12.5. The molecule has 0 saturated carbocycles. The van der Waals surface area contributed by atoms with Crippen LogP contribution in [0.2, 0.25) is 0 Å². The molecule has 100 valence electrons. The Hall–Kier alpha value is -2.42. The molecule has 2 aromatic carbocycles. The first-order chi connectivity index (χ1) is 9.58. The van der Waals surface area contributed by atoms with Crippen LogP contribution >= 0.6 is 0 Å². The summed E-state index contributed by atoms with van der Waals surface area (Å²) in [5.41, 5.74) is 5.38. The molecule has 0 unspecified atom stereocenters. The summed E-state index contributed by atoms with van der Waals surface area (Å²) < 4.78 is 1.68. The summed E-state index contributed by atoms with van der Waals surface area (Å²) >= 11 is 0. The molecule has 0 spiro atoms. The van der Waals surface area contributed by atoms with E-state index in [1.807, 2.05) is 49.4 Å². The van der Waals surface area contributed by atoms with Crippen molar-refractivity contribution in [2.75, 3.05) is 0 Å². The standard InChI is InChI=1S/C17H16N2O/c1-11-9-14-15(10-12(11)2)19(3)17(20)16(18-14)13-7-5-4-6-8-13/h4-10H,1-3H3. The summed E-state index contributed by atoms with van der Waals surface area (Å²) in [6.07, 6.45) is 0. The maximum Gasteiger partial charge on any atom is 0.277 e. The van der Waals surface area contributed by atoms with Gasteiger partial charge in [-0.25, -0.2) is 4.98 Å². The van der Waals surface area contributed by atoms with Crippen LogP contribution in [0.25, 0.3) is 22.3 Å². The van der Waals surface area contributed by atoms with E-state index in [2.05, 4.69) is 11.9 Å². The molecule has 0 fully saturated rings. The van der Waals surface area contributed by atoms with Crippen molar-refractivity contribution in [3.05, 3.63) is 63.9 Å². The van der Waals surface area contributed by atoms with E-state index in [9.17, 15) is 4.79 Å². The highest BCUT2D eigenvalue weighted by molar-refractivity contribution is 5.79. The molecule has 0 N–H and O–H groups in total. The molecule has 1 heterocycles. The number of benzene rings is 2. The SMILES string of the molecule is Cc1cc2nc(-c3ccccc3)c(=O)n(C)c2cc1C. The lowest BCUT2D eigenvalue weighted by Gasteiger charge is -2.10. The van der Waals surface area contributed by atoms with Crippen LogP contribution in [0.3, 0.4) is 0 Å². The normalized spacial score (nSPS) is 10.9. The second-order valence-corrected chi connectivity index (χ2v) is 5.12. The molecule has 0 radical (unpaired) electrons. The Bertz CT molecular complexity index is 848. The highest BCUT2D eigenvalue weighted by Crippen LogP contribution is 2.20. The van der Waals surface area contributed by atoms with E-state index in [4.69, 9.17) is 0 Å². The van der Waals surface area contributed by atoms with E-state index in [1.54, 1.807) is 11.6 Å². The van der Waals surface area contributed by atoms with Crippen molar-refractivity contribution in [3.63, 3.8) is 0 Å². The Balaban J connectivity index is 2.39. The Morgan fingerprint density at radius 2 is 1.65 bits per heavy atom. The van der Waals surface area contributed by atoms with Gasteiger partial charge in [0.25, 0.3) is 5.56 Å². The van der Waals surface area contributed by atoms with Crippen molar-refractivity contribution in [2.45, 2.75) is 13.8 Å². The molecule has 0 aliphatic heterocycles. The second kappa shape index (κ2) is 4.60. The summed E-state index contributed by atoms with van der Waals surface area (Å²) in [6, 6.07) is 13.7. The molecule has 0 saturated heterocycles. The zero-order valence-corrected chi connectivity index (χ0v) is 11.8. The maximum absolute atomic E-state index is 12.5. The lowest BCUT2D eigenvalue weighted by atomic mass is 10.1.